The van der Waals surface area contributed by atoms with Crippen LogP contribution in [0.25, 0.3) is 15.9 Å². The van der Waals surface area contributed by atoms with Gasteiger partial charge in [0, 0.05) is 31.6 Å². The second-order valence-corrected chi connectivity index (χ2v) is 11.2. The standard InChI is InChI=1S/C24H23FN4O3S2/c1-17-21-15-22(33-24(21)29(26-17)20-9-7-19(25)8-10-20)23(30)27-11-13-28(14-12-27)34(31,32)16-18-5-3-2-4-6-18/h2-10,15H,11-14,16H2,1H3. The molecule has 5 rings (SSSR count). The number of hydrogen-bond donors (Lipinski definition) is 0. The summed E-state index contributed by atoms with van der Waals surface area (Å²) in [4.78, 5) is 16.3. The number of rotatable bonds is 5. The van der Waals surface area contributed by atoms with E-state index in [-0.39, 0.29) is 30.6 Å². The van der Waals surface area contributed by atoms with Crippen LogP contribution in [0.2, 0.25) is 0 Å². The van der Waals surface area contributed by atoms with Crippen LogP contribution in [0.15, 0.2) is 60.7 Å². The first-order valence-corrected chi connectivity index (χ1v) is 13.3. The number of benzene rings is 2. The molecule has 0 bridgehead atoms. The number of aryl methyl sites for hydroxylation is 1. The summed E-state index contributed by atoms with van der Waals surface area (Å²) in [5.41, 5.74) is 2.25. The highest BCUT2D eigenvalue weighted by Gasteiger charge is 2.30. The molecule has 0 radical (unpaired) electrons. The van der Waals surface area contributed by atoms with Gasteiger partial charge in [0.05, 0.1) is 22.0 Å². The number of carbonyl (C=O) groups is 1. The molecule has 2 aromatic carbocycles. The molecule has 1 amide bonds. The molecule has 3 heterocycles. The molecule has 34 heavy (non-hydrogen) atoms. The monoisotopic (exact) mass is 498 g/mol. The molecule has 0 atom stereocenters. The Kier molecular flexibility index (Phi) is 5.97. The van der Waals surface area contributed by atoms with Crippen molar-refractivity contribution in [2.24, 2.45) is 0 Å². The van der Waals surface area contributed by atoms with Crippen molar-refractivity contribution in [3.8, 4) is 5.69 Å². The van der Waals surface area contributed by atoms with Gasteiger partial charge in [-0.15, -0.1) is 11.3 Å². The van der Waals surface area contributed by atoms with E-state index in [9.17, 15) is 17.6 Å². The lowest BCUT2D eigenvalue weighted by Crippen LogP contribution is -2.50. The number of amides is 1. The Balaban J connectivity index is 1.30. The molecule has 176 valence electrons. The lowest BCUT2D eigenvalue weighted by Gasteiger charge is -2.33. The Morgan fingerprint density at radius 2 is 1.71 bits per heavy atom. The first-order chi connectivity index (χ1) is 16.3. The zero-order chi connectivity index (χ0) is 23.9. The molecule has 1 aliphatic heterocycles. The third kappa shape index (κ3) is 4.36. The summed E-state index contributed by atoms with van der Waals surface area (Å²) in [6.07, 6.45) is 0. The number of fused-ring (bicyclic) bond motifs is 1. The molecular weight excluding hydrogens is 475 g/mol. The number of thiophene rings is 1. The molecular formula is C24H23FN4O3S2. The van der Waals surface area contributed by atoms with Crippen LogP contribution in [-0.4, -0.2) is 59.5 Å². The summed E-state index contributed by atoms with van der Waals surface area (Å²) in [5.74, 6) is -0.487. The van der Waals surface area contributed by atoms with Crippen molar-refractivity contribution in [3.63, 3.8) is 0 Å². The maximum absolute atomic E-state index is 13.3. The number of halogens is 1. The van der Waals surface area contributed by atoms with Crippen molar-refractivity contribution in [1.29, 1.82) is 0 Å². The minimum Gasteiger partial charge on any atom is -0.335 e. The van der Waals surface area contributed by atoms with Gasteiger partial charge in [0.15, 0.2) is 0 Å². The van der Waals surface area contributed by atoms with E-state index in [1.807, 2.05) is 31.2 Å². The zero-order valence-electron chi connectivity index (χ0n) is 18.5. The van der Waals surface area contributed by atoms with Crippen LogP contribution in [0.4, 0.5) is 4.39 Å². The summed E-state index contributed by atoms with van der Waals surface area (Å²) in [7, 11) is -3.45. The fourth-order valence-corrected chi connectivity index (χ4v) is 6.78. The Labute approximate surface area is 201 Å². The van der Waals surface area contributed by atoms with Crippen molar-refractivity contribution < 1.29 is 17.6 Å². The molecule has 1 saturated heterocycles. The molecule has 0 N–H and O–H groups in total. The highest BCUT2D eigenvalue weighted by Crippen LogP contribution is 2.31. The molecule has 0 saturated carbocycles. The van der Waals surface area contributed by atoms with Crippen molar-refractivity contribution in [2.45, 2.75) is 12.7 Å². The van der Waals surface area contributed by atoms with E-state index in [0.29, 0.717) is 18.0 Å². The molecule has 2 aromatic heterocycles. The van der Waals surface area contributed by atoms with Crippen LogP contribution in [0.1, 0.15) is 20.9 Å². The van der Waals surface area contributed by atoms with E-state index in [0.717, 1.165) is 27.2 Å². The largest absolute Gasteiger partial charge is 0.335 e. The Morgan fingerprint density at radius 1 is 1.03 bits per heavy atom. The number of nitrogens with zero attached hydrogens (tertiary/aromatic N) is 4. The second kappa shape index (κ2) is 8.94. The maximum Gasteiger partial charge on any atom is 0.264 e. The van der Waals surface area contributed by atoms with E-state index in [2.05, 4.69) is 5.10 Å². The number of carbonyl (C=O) groups excluding carboxylic acids is 1. The number of sulfonamides is 1. The minimum absolute atomic E-state index is 0.0444. The fraction of sp³-hybridized carbons (Fsp3) is 0.250. The molecule has 4 aromatic rings. The van der Waals surface area contributed by atoms with Gasteiger partial charge in [0.25, 0.3) is 5.91 Å². The molecule has 1 fully saturated rings. The van der Waals surface area contributed by atoms with E-state index in [1.165, 1.54) is 27.8 Å². The molecule has 1 aliphatic rings. The Hall–Kier alpha value is -3.08. The Morgan fingerprint density at radius 3 is 2.38 bits per heavy atom. The SMILES string of the molecule is Cc1nn(-c2ccc(F)cc2)c2sc(C(=O)N3CCN(S(=O)(=O)Cc4ccccc4)CC3)cc12. The van der Waals surface area contributed by atoms with Crippen LogP contribution in [0.3, 0.4) is 0 Å². The average Bonchev–Trinajstić information content (AvgIpc) is 3.40. The first-order valence-electron chi connectivity index (χ1n) is 10.9. The average molecular weight is 499 g/mol. The predicted molar refractivity (Wildman–Crippen MR) is 130 cm³/mol. The van der Waals surface area contributed by atoms with Crippen molar-refractivity contribution in [1.82, 2.24) is 19.0 Å². The predicted octanol–water partition coefficient (Wildman–Crippen LogP) is 3.82. The van der Waals surface area contributed by atoms with Crippen LogP contribution < -0.4 is 0 Å². The van der Waals surface area contributed by atoms with E-state index >= 15 is 0 Å². The number of hydrogen-bond acceptors (Lipinski definition) is 5. The maximum atomic E-state index is 13.3. The lowest BCUT2D eigenvalue weighted by atomic mass is 10.2. The number of piperazine rings is 1. The van der Waals surface area contributed by atoms with Gasteiger partial charge in [-0.25, -0.2) is 17.5 Å². The fourth-order valence-electron chi connectivity index (χ4n) is 4.11. The lowest BCUT2D eigenvalue weighted by molar-refractivity contribution is 0.0702. The van der Waals surface area contributed by atoms with Gasteiger partial charge in [0.2, 0.25) is 10.0 Å². The zero-order valence-corrected chi connectivity index (χ0v) is 20.2. The van der Waals surface area contributed by atoms with Crippen molar-refractivity contribution >= 4 is 37.5 Å². The highest BCUT2D eigenvalue weighted by atomic mass is 32.2. The molecule has 0 spiro atoms. The van der Waals surface area contributed by atoms with Crippen LogP contribution in [-0.2, 0) is 15.8 Å². The molecule has 0 aliphatic carbocycles. The summed E-state index contributed by atoms with van der Waals surface area (Å²) >= 11 is 1.34. The second-order valence-electron chi connectivity index (χ2n) is 8.24. The smallest absolute Gasteiger partial charge is 0.264 e. The molecule has 7 nitrogen and oxygen atoms in total. The van der Waals surface area contributed by atoms with Gasteiger partial charge in [-0.2, -0.15) is 9.40 Å². The van der Waals surface area contributed by atoms with Gasteiger partial charge < -0.3 is 4.90 Å². The van der Waals surface area contributed by atoms with Crippen LogP contribution in [0.5, 0.6) is 0 Å². The summed E-state index contributed by atoms with van der Waals surface area (Å²) < 4.78 is 42.1. The van der Waals surface area contributed by atoms with E-state index in [4.69, 9.17) is 0 Å². The minimum atomic E-state index is -3.45. The first kappa shape index (κ1) is 22.7. The van der Waals surface area contributed by atoms with Gasteiger partial charge in [0.1, 0.15) is 10.6 Å². The topological polar surface area (TPSA) is 75.5 Å². The summed E-state index contributed by atoms with van der Waals surface area (Å²) in [5, 5.41) is 5.42. The van der Waals surface area contributed by atoms with Gasteiger partial charge in [-0.1, -0.05) is 30.3 Å². The third-order valence-corrected chi connectivity index (χ3v) is 8.89. The van der Waals surface area contributed by atoms with Gasteiger partial charge >= 0.3 is 0 Å². The normalized spacial score (nSPS) is 15.2. The summed E-state index contributed by atoms with van der Waals surface area (Å²) in [6.45, 7) is 3.09. The quantitative estimate of drug-likeness (QED) is 0.419. The van der Waals surface area contributed by atoms with Crippen LogP contribution >= 0.6 is 11.3 Å². The molecule has 0 unspecified atom stereocenters. The van der Waals surface area contributed by atoms with Gasteiger partial charge in [-0.05, 0) is 42.8 Å². The van der Waals surface area contributed by atoms with Crippen LogP contribution in [0, 0.1) is 12.7 Å². The molecule has 10 heteroatoms. The van der Waals surface area contributed by atoms with E-state index < -0.39 is 10.0 Å². The summed E-state index contributed by atoms with van der Waals surface area (Å²) in [6, 6.07) is 17.0. The van der Waals surface area contributed by atoms with E-state index in [1.54, 1.807) is 33.8 Å². The Bertz CT molecular complexity index is 1440. The van der Waals surface area contributed by atoms with Crippen molar-refractivity contribution in [3.05, 3.63) is 82.6 Å². The third-order valence-electron chi connectivity index (χ3n) is 5.94. The highest BCUT2D eigenvalue weighted by molar-refractivity contribution is 7.88. The number of aromatic nitrogens is 2. The van der Waals surface area contributed by atoms with Gasteiger partial charge in [-0.3, -0.25) is 4.79 Å². The van der Waals surface area contributed by atoms with Crippen molar-refractivity contribution in [2.75, 3.05) is 26.2 Å².